The van der Waals surface area contributed by atoms with Gasteiger partial charge in [0.25, 0.3) is 5.91 Å². The summed E-state index contributed by atoms with van der Waals surface area (Å²) >= 11 is 1.60. The Hall–Kier alpha value is -3.00. The van der Waals surface area contributed by atoms with E-state index in [0.717, 1.165) is 28.1 Å². The summed E-state index contributed by atoms with van der Waals surface area (Å²) in [4.78, 5) is 29.7. The van der Waals surface area contributed by atoms with Gasteiger partial charge in [0.1, 0.15) is 5.01 Å². The summed E-state index contributed by atoms with van der Waals surface area (Å²) in [5.74, 6) is -0.0820. The number of aromatic nitrogens is 1. The van der Waals surface area contributed by atoms with Crippen LogP contribution in [0.2, 0.25) is 0 Å². The lowest BCUT2D eigenvalue weighted by Crippen LogP contribution is -2.34. The minimum atomic E-state index is -0.514. The number of carbonyl (C=O) groups is 1. The normalized spacial score (nSPS) is 16.6. The predicted molar refractivity (Wildman–Crippen MR) is 102 cm³/mol. The van der Waals surface area contributed by atoms with Gasteiger partial charge in [-0.05, 0) is 31.0 Å². The molecule has 1 aliphatic heterocycles. The molecule has 2 heterocycles. The second kappa shape index (κ2) is 7.32. The zero-order valence-electron chi connectivity index (χ0n) is 14.4. The van der Waals surface area contributed by atoms with E-state index in [9.17, 15) is 14.9 Å². The van der Waals surface area contributed by atoms with E-state index in [1.807, 2.05) is 24.3 Å². The zero-order valence-corrected chi connectivity index (χ0v) is 15.2. The third kappa shape index (κ3) is 3.48. The third-order valence-corrected chi connectivity index (χ3v) is 5.72. The van der Waals surface area contributed by atoms with Gasteiger partial charge >= 0.3 is 5.69 Å². The van der Waals surface area contributed by atoms with Crippen molar-refractivity contribution < 1.29 is 14.5 Å². The smallest absolute Gasteiger partial charge is 0.310 e. The molecule has 1 amide bonds. The number of benzene rings is 2. The first-order valence-electron chi connectivity index (χ1n) is 8.64. The van der Waals surface area contributed by atoms with Gasteiger partial charge in [0.2, 0.25) is 0 Å². The van der Waals surface area contributed by atoms with E-state index >= 15 is 0 Å². The van der Waals surface area contributed by atoms with Gasteiger partial charge in [0, 0.05) is 12.6 Å². The Morgan fingerprint density at radius 3 is 2.85 bits per heavy atom. The molecule has 0 radical (unpaired) electrons. The number of carbonyl (C=O) groups excluding carboxylic acids is 1. The van der Waals surface area contributed by atoms with Crippen LogP contribution in [0.3, 0.4) is 0 Å². The van der Waals surface area contributed by atoms with E-state index in [1.165, 1.54) is 12.1 Å². The summed E-state index contributed by atoms with van der Waals surface area (Å²) in [6.45, 7) is 0.409. The molecule has 0 aliphatic carbocycles. The molecule has 4 rings (SSSR count). The Labute approximate surface area is 159 Å². The van der Waals surface area contributed by atoms with Crippen LogP contribution in [0.1, 0.15) is 23.9 Å². The number of nitro benzene ring substituents is 1. The number of thiazole rings is 1. The highest BCUT2D eigenvalue weighted by Crippen LogP contribution is 2.36. The predicted octanol–water partition coefficient (Wildman–Crippen LogP) is 3.95. The Morgan fingerprint density at radius 1 is 1.26 bits per heavy atom. The molecule has 27 heavy (non-hydrogen) atoms. The number of likely N-dealkylation sites (tertiary alicyclic amines) is 1. The monoisotopic (exact) mass is 383 g/mol. The summed E-state index contributed by atoms with van der Waals surface area (Å²) in [6, 6.07) is 13.9. The van der Waals surface area contributed by atoms with Crippen molar-refractivity contribution in [2.45, 2.75) is 18.9 Å². The molecule has 0 bridgehead atoms. The first-order chi connectivity index (χ1) is 13.1. The van der Waals surface area contributed by atoms with Crippen LogP contribution < -0.4 is 4.74 Å². The average Bonchev–Trinajstić information content (AvgIpc) is 3.32. The number of ether oxygens (including phenoxy) is 1. The highest BCUT2D eigenvalue weighted by Gasteiger charge is 2.32. The fourth-order valence-electron chi connectivity index (χ4n) is 3.31. The lowest BCUT2D eigenvalue weighted by atomic mass is 10.2. The van der Waals surface area contributed by atoms with Gasteiger partial charge in [-0.25, -0.2) is 4.98 Å². The second-order valence-electron chi connectivity index (χ2n) is 6.28. The summed E-state index contributed by atoms with van der Waals surface area (Å²) in [6.07, 6.45) is 1.76. The highest BCUT2D eigenvalue weighted by molar-refractivity contribution is 7.18. The summed E-state index contributed by atoms with van der Waals surface area (Å²) < 4.78 is 6.57. The van der Waals surface area contributed by atoms with Crippen LogP contribution in [0.15, 0.2) is 48.5 Å². The van der Waals surface area contributed by atoms with Crippen molar-refractivity contribution in [2.75, 3.05) is 13.2 Å². The lowest BCUT2D eigenvalue weighted by molar-refractivity contribution is -0.385. The Kier molecular flexibility index (Phi) is 4.72. The second-order valence-corrected chi connectivity index (χ2v) is 7.34. The zero-order chi connectivity index (χ0) is 18.8. The number of nitrogens with zero attached hydrogens (tertiary/aromatic N) is 3. The van der Waals surface area contributed by atoms with Gasteiger partial charge in [0.15, 0.2) is 12.4 Å². The number of hydrogen-bond acceptors (Lipinski definition) is 6. The molecule has 1 unspecified atom stereocenters. The van der Waals surface area contributed by atoms with E-state index in [-0.39, 0.29) is 30.0 Å². The van der Waals surface area contributed by atoms with Gasteiger partial charge in [0.05, 0.1) is 21.2 Å². The molecule has 0 N–H and O–H groups in total. The SMILES string of the molecule is O=C(COc1ccccc1[N+](=O)[O-])N1CCCC1c1nc2ccccc2s1. The van der Waals surface area contributed by atoms with E-state index < -0.39 is 4.92 Å². The average molecular weight is 383 g/mol. The summed E-state index contributed by atoms with van der Waals surface area (Å²) in [5.41, 5.74) is 0.794. The van der Waals surface area contributed by atoms with Gasteiger partial charge < -0.3 is 9.64 Å². The van der Waals surface area contributed by atoms with Gasteiger partial charge in [-0.15, -0.1) is 11.3 Å². The van der Waals surface area contributed by atoms with Crippen molar-refractivity contribution in [1.29, 1.82) is 0 Å². The molecular formula is C19H17N3O4S. The lowest BCUT2D eigenvalue weighted by Gasteiger charge is -2.23. The van der Waals surface area contributed by atoms with Crippen molar-refractivity contribution in [1.82, 2.24) is 9.88 Å². The maximum Gasteiger partial charge on any atom is 0.310 e. The van der Waals surface area contributed by atoms with Crippen molar-refractivity contribution in [3.05, 3.63) is 63.7 Å². The first kappa shape index (κ1) is 17.4. The minimum absolute atomic E-state index is 0.0655. The molecule has 2 aromatic carbocycles. The molecule has 8 heteroatoms. The van der Waals surface area contributed by atoms with Crippen LogP contribution >= 0.6 is 11.3 Å². The fourth-order valence-corrected chi connectivity index (χ4v) is 4.42. The molecule has 1 saturated heterocycles. The number of nitro groups is 1. The molecule has 1 aliphatic rings. The molecular weight excluding hydrogens is 366 g/mol. The van der Waals surface area contributed by atoms with Crippen LogP contribution in [0, 0.1) is 10.1 Å². The van der Waals surface area contributed by atoms with Crippen molar-refractivity contribution >= 4 is 33.1 Å². The van der Waals surface area contributed by atoms with E-state index in [0.29, 0.717) is 6.54 Å². The van der Waals surface area contributed by atoms with Crippen LogP contribution in [0.5, 0.6) is 5.75 Å². The van der Waals surface area contributed by atoms with Crippen LogP contribution in [0.25, 0.3) is 10.2 Å². The quantitative estimate of drug-likeness (QED) is 0.492. The van der Waals surface area contributed by atoms with Crippen LogP contribution in [0.4, 0.5) is 5.69 Å². The molecule has 138 valence electrons. The van der Waals surface area contributed by atoms with Crippen LogP contribution in [-0.2, 0) is 4.79 Å². The summed E-state index contributed by atoms with van der Waals surface area (Å²) in [5, 5.41) is 12.0. The largest absolute Gasteiger partial charge is 0.477 e. The summed E-state index contributed by atoms with van der Waals surface area (Å²) in [7, 11) is 0. The van der Waals surface area contributed by atoms with Gasteiger partial charge in [-0.2, -0.15) is 0 Å². The highest BCUT2D eigenvalue weighted by atomic mass is 32.1. The van der Waals surface area contributed by atoms with Gasteiger partial charge in [-0.3, -0.25) is 14.9 Å². The number of fused-ring (bicyclic) bond motifs is 1. The molecule has 1 atom stereocenters. The molecule has 0 spiro atoms. The molecule has 1 aromatic heterocycles. The maximum absolute atomic E-state index is 12.7. The standard InChI is InChI=1S/C19H17N3O4S/c23-18(12-26-16-9-3-2-7-14(16)22(24)25)21-11-5-8-15(21)19-20-13-6-1-4-10-17(13)27-19/h1-4,6-7,9-10,15H,5,8,11-12H2. The van der Waals surface area contributed by atoms with Crippen molar-refractivity contribution in [3.8, 4) is 5.75 Å². The number of amides is 1. The molecule has 0 saturated carbocycles. The molecule has 7 nitrogen and oxygen atoms in total. The number of para-hydroxylation sites is 3. The topological polar surface area (TPSA) is 85.6 Å². The maximum atomic E-state index is 12.7. The molecule has 3 aromatic rings. The fraction of sp³-hybridized carbons (Fsp3) is 0.263. The van der Waals surface area contributed by atoms with E-state index in [2.05, 4.69) is 4.98 Å². The van der Waals surface area contributed by atoms with Crippen molar-refractivity contribution in [3.63, 3.8) is 0 Å². The molecule has 1 fully saturated rings. The minimum Gasteiger partial charge on any atom is -0.477 e. The van der Waals surface area contributed by atoms with Crippen LogP contribution in [-0.4, -0.2) is 33.9 Å². The first-order valence-corrected chi connectivity index (χ1v) is 9.46. The van der Waals surface area contributed by atoms with E-state index in [4.69, 9.17) is 4.74 Å². The number of rotatable bonds is 5. The Balaban J connectivity index is 1.49. The Bertz CT molecular complexity index is 970. The third-order valence-electron chi connectivity index (χ3n) is 4.58. The Morgan fingerprint density at radius 2 is 2.04 bits per heavy atom. The van der Waals surface area contributed by atoms with E-state index in [1.54, 1.807) is 28.4 Å². The van der Waals surface area contributed by atoms with Crippen molar-refractivity contribution in [2.24, 2.45) is 0 Å². The number of hydrogen-bond donors (Lipinski definition) is 0. The van der Waals surface area contributed by atoms with Gasteiger partial charge in [-0.1, -0.05) is 24.3 Å².